The lowest BCUT2D eigenvalue weighted by Crippen LogP contribution is -1.95. The van der Waals surface area contributed by atoms with Gasteiger partial charge in [0.15, 0.2) is 5.82 Å². The third-order valence-corrected chi connectivity index (χ3v) is 3.31. The van der Waals surface area contributed by atoms with Crippen molar-refractivity contribution in [3.05, 3.63) is 70.5 Å². The van der Waals surface area contributed by atoms with E-state index in [9.17, 15) is 0 Å². The van der Waals surface area contributed by atoms with E-state index in [0.717, 1.165) is 11.1 Å². The molecule has 0 aliphatic carbocycles. The Hall–Kier alpha value is -2.53. The van der Waals surface area contributed by atoms with Gasteiger partial charge in [0, 0.05) is 5.56 Å². The van der Waals surface area contributed by atoms with Gasteiger partial charge in [-0.2, -0.15) is 14.9 Å². The van der Waals surface area contributed by atoms with Crippen LogP contribution in [0.15, 0.2) is 59.7 Å². The van der Waals surface area contributed by atoms with E-state index >= 15 is 0 Å². The highest BCUT2D eigenvalue weighted by Gasteiger charge is 2.07. The second kappa shape index (κ2) is 5.85. The minimum Gasteiger partial charge on any atom is -0.250 e. The maximum Gasteiger partial charge on any atom is 0.216 e. The molecule has 4 nitrogen and oxygen atoms in total. The molecule has 0 bridgehead atoms. The number of nitrogens with one attached hydrogen (secondary N) is 1. The zero-order chi connectivity index (χ0) is 14.7. The predicted octanol–water partition coefficient (Wildman–Crippen LogP) is 3.80. The van der Waals surface area contributed by atoms with Crippen LogP contribution < -0.4 is 0 Å². The third kappa shape index (κ3) is 2.98. The minimum atomic E-state index is 0.471. The van der Waals surface area contributed by atoms with Crippen LogP contribution >= 0.6 is 12.2 Å². The molecule has 0 aliphatic rings. The van der Waals surface area contributed by atoms with Gasteiger partial charge < -0.3 is 0 Å². The molecule has 3 aromatic rings. The van der Waals surface area contributed by atoms with Crippen molar-refractivity contribution in [2.24, 2.45) is 5.10 Å². The number of aromatic nitrogens is 3. The largest absolute Gasteiger partial charge is 0.250 e. The number of H-pyrrole nitrogens is 1. The van der Waals surface area contributed by atoms with Gasteiger partial charge in [-0.25, -0.2) is 5.10 Å². The summed E-state index contributed by atoms with van der Waals surface area (Å²) < 4.78 is 2.11. The van der Waals surface area contributed by atoms with Gasteiger partial charge >= 0.3 is 0 Å². The Kier molecular flexibility index (Phi) is 3.75. The van der Waals surface area contributed by atoms with Crippen molar-refractivity contribution in [2.75, 3.05) is 0 Å². The molecule has 0 fully saturated rings. The molecule has 21 heavy (non-hydrogen) atoms. The van der Waals surface area contributed by atoms with Crippen molar-refractivity contribution in [2.45, 2.75) is 6.92 Å². The first kappa shape index (κ1) is 13.5. The Morgan fingerprint density at radius 2 is 1.95 bits per heavy atom. The van der Waals surface area contributed by atoms with E-state index in [1.54, 1.807) is 10.9 Å². The van der Waals surface area contributed by atoms with E-state index in [2.05, 4.69) is 21.4 Å². The second-order valence-electron chi connectivity index (χ2n) is 4.69. The molecule has 1 aromatic heterocycles. The highest BCUT2D eigenvalue weighted by Crippen LogP contribution is 2.18. The molecular formula is C16H14N4S. The molecule has 0 saturated heterocycles. The fourth-order valence-corrected chi connectivity index (χ4v) is 2.21. The summed E-state index contributed by atoms with van der Waals surface area (Å²) in [5.41, 5.74) is 3.16. The average molecular weight is 294 g/mol. The molecule has 1 N–H and O–H groups in total. The summed E-state index contributed by atoms with van der Waals surface area (Å²) in [5.74, 6) is 0.705. The fourth-order valence-electron chi connectivity index (χ4n) is 2.03. The van der Waals surface area contributed by atoms with Gasteiger partial charge in [0.25, 0.3) is 0 Å². The van der Waals surface area contributed by atoms with Crippen LogP contribution in [-0.2, 0) is 0 Å². The topological polar surface area (TPSA) is 46.0 Å². The van der Waals surface area contributed by atoms with Gasteiger partial charge in [-0.05, 0) is 30.8 Å². The van der Waals surface area contributed by atoms with Crippen molar-refractivity contribution in [3.63, 3.8) is 0 Å². The Morgan fingerprint density at radius 1 is 1.14 bits per heavy atom. The molecule has 1 heterocycles. The number of benzene rings is 2. The summed E-state index contributed by atoms with van der Waals surface area (Å²) >= 11 is 5.25. The van der Waals surface area contributed by atoms with E-state index in [-0.39, 0.29) is 0 Å². The van der Waals surface area contributed by atoms with E-state index in [1.807, 2.05) is 55.5 Å². The number of hydrogen-bond acceptors (Lipinski definition) is 3. The van der Waals surface area contributed by atoms with Crippen molar-refractivity contribution in [3.8, 4) is 11.4 Å². The Bertz CT molecular complexity index is 831. The Morgan fingerprint density at radius 3 is 2.71 bits per heavy atom. The van der Waals surface area contributed by atoms with E-state index in [4.69, 9.17) is 12.2 Å². The first-order valence-corrected chi connectivity index (χ1v) is 6.99. The smallest absolute Gasteiger partial charge is 0.216 e. The number of rotatable bonds is 3. The maximum atomic E-state index is 5.25. The summed E-state index contributed by atoms with van der Waals surface area (Å²) in [6, 6.07) is 18.0. The number of hydrogen-bond donors (Lipinski definition) is 1. The zero-order valence-corrected chi connectivity index (χ0v) is 12.3. The van der Waals surface area contributed by atoms with Crippen molar-refractivity contribution in [1.82, 2.24) is 14.9 Å². The summed E-state index contributed by atoms with van der Waals surface area (Å²) in [6.45, 7) is 2.04. The first-order chi connectivity index (χ1) is 10.2. The number of nitrogens with zero attached hydrogens (tertiary/aromatic N) is 3. The molecular weight excluding hydrogens is 280 g/mol. The van der Waals surface area contributed by atoms with Crippen LogP contribution in [0.4, 0.5) is 0 Å². The Labute approximate surface area is 127 Å². The molecule has 5 heteroatoms. The van der Waals surface area contributed by atoms with Crippen molar-refractivity contribution < 1.29 is 0 Å². The van der Waals surface area contributed by atoms with Crippen LogP contribution in [0.1, 0.15) is 11.1 Å². The molecule has 0 unspecified atom stereocenters. The van der Waals surface area contributed by atoms with Crippen LogP contribution in [0.3, 0.4) is 0 Å². The van der Waals surface area contributed by atoms with E-state index in [1.165, 1.54) is 5.56 Å². The molecule has 0 radical (unpaired) electrons. The van der Waals surface area contributed by atoms with Crippen LogP contribution in [-0.4, -0.2) is 21.1 Å². The summed E-state index contributed by atoms with van der Waals surface area (Å²) in [7, 11) is 0. The molecule has 0 amide bonds. The normalized spacial score (nSPS) is 11.1. The maximum absolute atomic E-state index is 5.25. The molecule has 0 atom stereocenters. The number of aromatic amines is 1. The predicted molar refractivity (Wildman–Crippen MR) is 87.0 cm³/mol. The van der Waals surface area contributed by atoms with Crippen molar-refractivity contribution >= 4 is 18.4 Å². The zero-order valence-electron chi connectivity index (χ0n) is 11.5. The first-order valence-electron chi connectivity index (χ1n) is 6.58. The van der Waals surface area contributed by atoms with Crippen LogP contribution in [0.5, 0.6) is 0 Å². The highest BCUT2D eigenvalue weighted by molar-refractivity contribution is 7.71. The van der Waals surface area contributed by atoms with Gasteiger partial charge in [-0.15, -0.1) is 0 Å². The molecule has 3 rings (SSSR count). The monoisotopic (exact) mass is 294 g/mol. The summed E-state index contributed by atoms with van der Waals surface area (Å²) in [4.78, 5) is 0. The van der Waals surface area contributed by atoms with Crippen molar-refractivity contribution in [1.29, 1.82) is 0 Å². The molecule has 0 saturated carbocycles. The lowest BCUT2D eigenvalue weighted by Gasteiger charge is -2.02. The molecule has 0 aliphatic heterocycles. The minimum absolute atomic E-state index is 0.471. The van der Waals surface area contributed by atoms with Gasteiger partial charge in [0.05, 0.1) is 6.21 Å². The second-order valence-corrected chi connectivity index (χ2v) is 5.08. The third-order valence-electron chi connectivity index (χ3n) is 3.05. The fraction of sp³-hybridized carbons (Fsp3) is 0.0625. The molecule has 104 valence electrons. The summed E-state index contributed by atoms with van der Waals surface area (Å²) in [5, 5.41) is 11.5. The van der Waals surface area contributed by atoms with E-state index < -0.39 is 0 Å². The SMILES string of the molecule is Cc1cccc(-c2n[nH]c(=S)n2N=Cc2ccccc2)c1. The van der Waals surface area contributed by atoms with Crippen LogP contribution in [0.25, 0.3) is 11.4 Å². The Balaban J connectivity index is 2.02. The van der Waals surface area contributed by atoms with Crippen LogP contribution in [0, 0.1) is 11.7 Å². The van der Waals surface area contributed by atoms with E-state index in [0.29, 0.717) is 10.6 Å². The van der Waals surface area contributed by atoms with Crippen LogP contribution in [0.2, 0.25) is 0 Å². The van der Waals surface area contributed by atoms with Gasteiger partial charge in [-0.1, -0.05) is 54.1 Å². The van der Waals surface area contributed by atoms with Gasteiger partial charge in [-0.3, -0.25) is 0 Å². The van der Waals surface area contributed by atoms with Gasteiger partial charge in [0.1, 0.15) is 0 Å². The standard InChI is InChI=1S/C16H14N4S/c1-12-6-5-9-14(10-12)15-18-19-16(21)20(15)17-11-13-7-3-2-4-8-13/h2-11H,1H3,(H,19,21). The average Bonchev–Trinajstić information content (AvgIpc) is 2.87. The lowest BCUT2D eigenvalue weighted by molar-refractivity contribution is 0.871. The lowest BCUT2D eigenvalue weighted by atomic mass is 10.1. The highest BCUT2D eigenvalue weighted by atomic mass is 32.1. The quantitative estimate of drug-likeness (QED) is 0.590. The number of aryl methyl sites for hydroxylation is 1. The van der Waals surface area contributed by atoms with Gasteiger partial charge in [0.2, 0.25) is 4.77 Å². The summed E-state index contributed by atoms with van der Waals surface area (Å²) in [6.07, 6.45) is 1.77. The molecule has 2 aromatic carbocycles. The molecule has 0 spiro atoms.